The monoisotopic (exact) mass is 232 g/mol. The maximum absolute atomic E-state index is 12.0. The van der Waals surface area contributed by atoms with E-state index in [2.05, 4.69) is 0 Å². The van der Waals surface area contributed by atoms with E-state index in [1.54, 1.807) is 24.3 Å². The van der Waals surface area contributed by atoms with Gasteiger partial charge in [0.1, 0.15) is 0 Å². The summed E-state index contributed by atoms with van der Waals surface area (Å²) in [5.74, 6) is -1.97. The van der Waals surface area contributed by atoms with Crippen molar-refractivity contribution < 1.29 is 18.0 Å². The van der Waals surface area contributed by atoms with E-state index in [4.69, 9.17) is 5.73 Å². The highest BCUT2D eigenvalue weighted by atomic mass is 19.4. The number of halogens is 3. The van der Waals surface area contributed by atoms with Crippen LogP contribution in [0.15, 0.2) is 24.3 Å². The van der Waals surface area contributed by atoms with Gasteiger partial charge in [0.25, 0.3) is 0 Å². The molecule has 1 unspecified atom stereocenters. The molecule has 0 spiro atoms. The lowest BCUT2D eigenvalue weighted by atomic mass is 10.1. The van der Waals surface area contributed by atoms with Gasteiger partial charge in [-0.25, -0.2) is 0 Å². The maximum Gasteiger partial charge on any atom is 0.471 e. The molecule has 6 heteroatoms. The number of carbonyl (C=O) groups is 1. The normalized spacial score (nSPS) is 13.2. The SMILES string of the molecule is CC(NC(=O)C(F)(F)F)c1ccccc1N. The smallest absolute Gasteiger partial charge is 0.398 e. The second-order valence-corrected chi connectivity index (χ2v) is 3.32. The molecule has 0 aromatic heterocycles. The highest BCUT2D eigenvalue weighted by Crippen LogP contribution is 2.22. The zero-order valence-corrected chi connectivity index (χ0v) is 8.51. The standard InChI is InChI=1S/C10H11F3N2O/c1-6(15-9(16)10(11,12)13)7-4-2-3-5-8(7)14/h2-6H,14H2,1H3,(H,15,16). The van der Waals surface area contributed by atoms with Crippen LogP contribution in [0.25, 0.3) is 0 Å². The number of alkyl halides is 3. The fourth-order valence-electron chi connectivity index (χ4n) is 1.26. The van der Waals surface area contributed by atoms with E-state index < -0.39 is 18.1 Å². The molecule has 0 saturated carbocycles. The van der Waals surface area contributed by atoms with E-state index in [-0.39, 0.29) is 0 Å². The van der Waals surface area contributed by atoms with Crippen LogP contribution in [-0.2, 0) is 4.79 Å². The van der Waals surface area contributed by atoms with Crippen molar-refractivity contribution in [3.63, 3.8) is 0 Å². The minimum absolute atomic E-state index is 0.345. The van der Waals surface area contributed by atoms with Crippen LogP contribution in [0.1, 0.15) is 18.5 Å². The molecule has 0 bridgehead atoms. The number of hydrogen-bond acceptors (Lipinski definition) is 2. The van der Waals surface area contributed by atoms with Crippen molar-refractivity contribution >= 4 is 11.6 Å². The third-order valence-electron chi connectivity index (χ3n) is 2.07. The van der Waals surface area contributed by atoms with Gasteiger partial charge in [-0.05, 0) is 18.6 Å². The molecule has 3 nitrogen and oxygen atoms in total. The summed E-state index contributed by atoms with van der Waals surface area (Å²) in [6.07, 6.45) is -4.88. The van der Waals surface area contributed by atoms with Crippen LogP contribution in [0.4, 0.5) is 18.9 Å². The van der Waals surface area contributed by atoms with Crippen LogP contribution in [0.2, 0.25) is 0 Å². The minimum Gasteiger partial charge on any atom is -0.398 e. The van der Waals surface area contributed by atoms with Crippen LogP contribution < -0.4 is 11.1 Å². The number of carbonyl (C=O) groups excluding carboxylic acids is 1. The first-order valence-electron chi connectivity index (χ1n) is 4.54. The molecule has 16 heavy (non-hydrogen) atoms. The summed E-state index contributed by atoms with van der Waals surface area (Å²) in [5.41, 5.74) is 6.38. The number of anilines is 1. The summed E-state index contributed by atoms with van der Waals surface area (Å²) in [6.45, 7) is 1.44. The number of rotatable bonds is 2. The van der Waals surface area contributed by atoms with E-state index in [9.17, 15) is 18.0 Å². The number of amides is 1. The Kier molecular flexibility index (Phi) is 3.41. The zero-order chi connectivity index (χ0) is 12.3. The number of nitrogens with two attached hydrogens (primary N) is 1. The van der Waals surface area contributed by atoms with Crippen LogP contribution in [0.3, 0.4) is 0 Å². The topological polar surface area (TPSA) is 55.1 Å². The second-order valence-electron chi connectivity index (χ2n) is 3.32. The molecule has 1 aromatic carbocycles. The molecular weight excluding hydrogens is 221 g/mol. The second kappa shape index (κ2) is 4.42. The van der Waals surface area contributed by atoms with Gasteiger partial charge in [-0.1, -0.05) is 18.2 Å². The minimum atomic E-state index is -4.88. The molecule has 1 rings (SSSR count). The molecule has 1 atom stereocenters. The molecule has 1 amide bonds. The van der Waals surface area contributed by atoms with Gasteiger partial charge in [0.2, 0.25) is 0 Å². The Labute approximate surface area is 90.4 Å². The summed E-state index contributed by atoms with van der Waals surface area (Å²) >= 11 is 0. The van der Waals surface area contributed by atoms with Gasteiger partial charge in [-0.15, -0.1) is 0 Å². The number of hydrogen-bond donors (Lipinski definition) is 2. The molecule has 0 heterocycles. The molecule has 0 radical (unpaired) electrons. The first kappa shape index (κ1) is 12.4. The molecule has 88 valence electrons. The molecule has 0 aliphatic rings. The Bertz CT molecular complexity index is 390. The first-order chi connectivity index (χ1) is 7.32. The molecule has 1 aromatic rings. The summed E-state index contributed by atoms with van der Waals surface area (Å²) < 4.78 is 35.9. The van der Waals surface area contributed by atoms with E-state index in [0.717, 1.165) is 0 Å². The van der Waals surface area contributed by atoms with Gasteiger partial charge < -0.3 is 11.1 Å². The van der Waals surface area contributed by atoms with Crippen molar-refractivity contribution in [3.05, 3.63) is 29.8 Å². The fraction of sp³-hybridized carbons (Fsp3) is 0.300. The Balaban J connectivity index is 2.78. The van der Waals surface area contributed by atoms with Crippen LogP contribution in [0, 0.1) is 0 Å². The lowest BCUT2D eigenvalue weighted by molar-refractivity contribution is -0.174. The van der Waals surface area contributed by atoms with E-state index >= 15 is 0 Å². The zero-order valence-electron chi connectivity index (χ0n) is 8.51. The molecule has 3 N–H and O–H groups in total. The molecule has 0 aliphatic carbocycles. The number of para-hydroxylation sites is 1. The van der Waals surface area contributed by atoms with Gasteiger partial charge >= 0.3 is 12.1 Å². The highest BCUT2D eigenvalue weighted by molar-refractivity contribution is 5.82. The van der Waals surface area contributed by atoms with Crippen molar-refractivity contribution in [2.45, 2.75) is 19.1 Å². The summed E-state index contributed by atoms with van der Waals surface area (Å²) in [5, 5.41) is 1.83. The molecule has 0 saturated heterocycles. The van der Waals surface area contributed by atoms with Crippen LogP contribution in [-0.4, -0.2) is 12.1 Å². The highest BCUT2D eigenvalue weighted by Gasteiger charge is 2.39. The third kappa shape index (κ3) is 2.88. The van der Waals surface area contributed by atoms with Crippen LogP contribution >= 0.6 is 0 Å². The third-order valence-corrected chi connectivity index (χ3v) is 2.07. The van der Waals surface area contributed by atoms with E-state index in [1.807, 2.05) is 5.32 Å². The average molecular weight is 232 g/mol. The van der Waals surface area contributed by atoms with E-state index in [1.165, 1.54) is 6.92 Å². The predicted molar refractivity (Wildman–Crippen MR) is 53.5 cm³/mol. The quantitative estimate of drug-likeness (QED) is 0.766. The maximum atomic E-state index is 12.0. The number of benzene rings is 1. The van der Waals surface area contributed by atoms with Crippen molar-refractivity contribution in [3.8, 4) is 0 Å². The molecule has 0 aliphatic heterocycles. The summed E-state index contributed by atoms with van der Waals surface area (Å²) in [7, 11) is 0. The summed E-state index contributed by atoms with van der Waals surface area (Å²) in [6, 6.07) is 5.65. The van der Waals surface area contributed by atoms with Gasteiger partial charge in [-0.3, -0.25) is 4.79 Å². The van der Waals surface area contributed by atoms with Gasteiger partial charge in [0.15, 0.2) is 0 Å². The Morgan fingerprint density at radius 2 is 1.94 bits per heavy atom. The van der Waals surface area contributed by atoms with Crippen LogP contribution in [0.5, 0.6) is 0 Å². The number of nitrogen functional groups attached to an aromatic ring is 1. The van der Waals surface area contributed by atoms with Crippen molar-refractivity contribution in [1.29, 1.82) is 0 Å². The molecular formula is C10H11F3N2O. The Morgan fingerprint density at radius 1 is 1.38 bits per heavy atom. The van der Waals surface area contributed by atoms with Gasteiger partial charge in [0.05, 0.1) is 6.04 Å². The molecule has 0 fully saturated rings. The Morgan fingerprint density at radius 3 is 2.44 bits per heavy atom. The van der Waals surface area contributed by atoms with Gasteiger partial charge in [0, 0.05) is 5.69 Å². The Hall–Kier alpha value is -1.72. The largest absolute Gasteiger partial charge is 0.471 e. The lowest BCUT2D eigenvalue weighted by Crippen LogP contribution is -2.38. The lowest BCUT2D eigenvalue weighted by Gasteiger charge is -2.17. The summed E-state index contributed by atoms with van der Waals surface area (Å²) in [4.78, 5) is 10.7. The predicted octanol–water partition coefficient (Wildman–Crippen LogP) is 2.01. The van der Waals surface area contributed by atoms with Crippen molar-refractivity contribution in [2.75, 3.05) is 5.73 Å². The number of nitrogens with one attached hydrogen (secondary N) is 1. The first-order valence-corrected chi connectivity index (χ1v) is 4.54. The van der Waals surface area contributed by atoms with Crippen molar-refractivity contribution in [2.24, 2.45) is 0 Å². The van der Waals surface area contributed by atoms with Crippen molar-refractivity contribution in [1.82, 2.24) is 5.32 Å². The van der Waals surface area contributed by atoms with E-state index in [0.29, 0.717) is 11.3 Å². The fourth-order valence-corrected chi connectivity index (χ4v) is 1.26. The average Bonchev–Trinajstić information content (AvgIpc) is 2.16. The van der Waals surface area contributed by atoms with Gasteiger partial charge in [-0.2, -0.15) is 13.2 Å².